The largest absolute Gasteiger partial charge is 0.492 e. The lowest BCUT2D eigenvalue weighted by atomic mass is 9.94. The Balaban J connectivity index is 1.49. The molecular weight excluding hydrogens is 565 g/mol. The molecule has 39 heavy (non-hydrogen) atoms. The maximum absolute atomic E-state index is 11.4. The number of aliphatic carboxylic acids is 1. The van der Waals surface area contributed by atoms with Gasteiger partial charge in [0.2, 0.25) is 5.88 Å². The Hall–Kier alpha value is -3.01. The molecule has 1 aliphatic rings. The van der Waals surface area contributed by atoms with Crippen molar-refractivity contribution in [1.82, 2.24) is 4.98 Å². The second-order valence-corrected chi connectivity index (χ2v) is 12.6. The summed E-state index contributed by atoms with van der Waals surface area (Å²) < 4.78 is 40.1. The van der Waals surface area contributed by atoms with E-state index in [0.29, 0.717) is 40.5 Å². The number of sulfone groups is 1. The Morgan fingerprint density at radius 1 is 1.15 bits per heavy atom. The lowest BCUT2D eigenvalue weighted by molar-refractivity contribution is -0.137. The van der Waals surface area contributed by atoms with Crippen LogP contribution in [-0.4, -0.2) is 49.7 Å². The fourth-order valence-electron chi connectivity index (χ4n) is 4.57. The normalized spacial score (nSPS) is 14.5. The summed E-state index contributed by atoms with van der Waals surface area (Å²) in [6.07, 6.45) is 3.13. The Morgan fingerprint density at radius 3 is 2.54 bits per heavy atom. The fraction of sp³-hybridized carbons (Fsp3) is 0.357. The van der Waals surface area contributed by atoms with Gasteiger partial charge in [-0.05, 0) is 54.2 Å². The molecular formula is C28H29Cl2NO7S. The number of carboxylic acid groups (broad SMARTS) is 1. The van der Waals surface area contributed by atoms with Crippen LogP contribution in [0.3, 0.4) is 0 Å². The smallest absolute Gasteiger partial charge is 0.304 e. The van der Waals surface area contributed by atoms with Gasteiger partial charge in [-0.3, -0.25) is 4.79 Å². The van der Waals surface area contributed by atoms with Gasteiger partial charge in [0.1, 0.15) is 22.2 Å². The fourth-order valence-corrected chi connectivity index (χ4v) is 5.74. The molecule has 8 nitrogen and oxygen atoms in total. The van der Waals surface area contributed by atoms with Gasteiger partial charge in [0.25, 0.3) is 0 Å². The van der Waals surface area contributed by atoms with Crippen molar-refractivity contribution in [3.8, 4) is 28.5 Å². The van der Waals surface area contributed by atoms with E-state index in [4.69, 9.17) is 42.5 Å². The quantitative estimate of drug-likeness (QED) is 0.269. The van der Waals surface area contributed by atoms with Crippen LogP contribution in [0, 0.1) is 13.8 Å². The summed E-state index contributed by atoms with van der Waals surface area (Å²) in [5.41, 5.74) is 5.04. The highest BCUT2D eigenvalue weighted by atomic mass is 35.5. The van der Waals surface area contributed by atoms with Gasteiger partial charge in [0.05, 0.1) is 35.4 Å². The number of rotatable bonds is 11. The van der Waals surface area contributed by atoms with Crippen molar-refractivity contribution in [2.24, 2.45) is 0 Å². The van der Waals surface area contributed by atoms with E-state index in [2.05, 4.69) is 4.98 Å². The van der Waals surface area contributed by atoms with E-state index in [0.717, 1.165) is 33.4 Å². The van der Waals surface area contributed by atoms with E-state index in [1.165, 1.54) is 6.26 Å². The van der Waals surface area contributed by atoms with Gasteiger partial charge in [-0.1, -0.05) is 41.4 Å². The van der Waals surface area contributed by atoms with E-state index in [1.807, 2.05) is 38.1 Å². The van der Waals surface area contributed by atoms with Gasteiger partial charge in [0.15, 0.2) is 5.75 Å². The summed E-state index contributed by atoms with van der Waals surface area (Å²) in [5, 5.41) is 9.83. The minimum atomic E-state index is -3.08. The van der Waals surface area contributed by atoms with Gasteiger partial charge in [0, 0.05) is 30.0 Å². The van der Waals surface area contributed by atoms with Crippen molar-refractivity contribution in [3.63, 3.8) is 0 Å². The van der Waals surface area contributed by atoms with Crippen LogP contribution < -0.4 is 14.2 Å². The number of nitrogens with zero attached hydrogens (tertiary/aromatic N) is 1. The Labute approximate surface area is 237 Å². The summed E-state index contributed by atoms with van der Waals surface area (Å²) in [6, 6.07) is 9.48. The molecule has 0 saturated heterocycles. The monoisotopic (exact) mass is 593 g/mol. The number of fused-ring (bicyclic) bond motifs is 1. The first kappa shape index (κ1) is 29.0. The molecule has 0 amide bonds. The standard InChI is InChI=1S/C28H29Cl2NO7S/c1-16-25(17(2)27(30)28(26(16)29)36-8-5-9-39(3,34)35)19-7-4-6-18(10-19)14-38-23-12-22-21(13-31-23)20(15-37-22)11-24(32)33/h4,6-7,10,12-13,20H,5,8-9,11,14-15H2,1-3H3,(H,32,33)/t20-/m1/s1. The Morgan fingerprint density at radius 2 is 1.87 bits per heavy atom. The maximum atomic E-state index is 11.4. The average molecular weight is 595 g/mol. The van der Waals surface area contributed by atoms with Crippen molar-refractivity contribution >= 4 is 39.0 Å². The molecule has 0 saturated carbocycles. The minimum absolute atomic E-state index is 0.00910. The molecule has 2 aromatic carbocycles. The molecule has 0 unspecified atom stereocenters. The van der Waals surface area contributed by atoms with Gasteiger partial charge >= 0.3 is 5.97 Å². The molecule has 0 fully saturated rings. The van der Waals surface area contributed by atoms with Crippen molar-refractivity contribution in [3.05, 3.63) is 68.8 Å². The number of carbonyl (C=O) groups is 1. The SMILES string of the molecule is Cc1c(Cl)c(OCCCS(C)(=O)=O)c(Cl)c(C)c1-c1cccc(COc2cc3c(cn2)[C@H](CC(=O)O)CO3)c1. The molecule has 0 bridgehead atoms. The van der Waals surface area contributed by atoms with E-state index >= 15 is 0 Å². The molecule has 11 heteroatoms. The molecule has 1 N–H and O–H groups in total. The lowest BCUT2D eigenvalue weighted by Gasteiger charge is -2.19. The molecule has 0 radical (unpaired) electrons. The number of halogens is 2. The summed E-state index contributed by atoms with van der Waals surface area (Å²) >= 11 is 13.3. The van der Waals surface area contributed by atoms with Crippen LogP contribution >= 0.6 is 23.2 Å². The van der Waals surface area contributed by atoms with Gasteiger partial charge in [-0.2, -0.15) is 0 Å². The van der Waals surface area contributed by atoms with Crippen LogP contribution in [0.25, 0.3) is 11.1 Å². The van der Waals surface area contributed by atoms with Crippen LogP contribution in [0.4, 0.5) is 0 Å². The summed E-state index contributed by atoms with van der Waals surface area (Å²) in [5.74, 6) is 0.245. The molecule has 0 spiro atoms. The van der Waals surface area contributed by atoms with Crippen molar-refractivity contribution in [1.29, 1.82) is 0 Å². The number of hydrogen-bond donors (Lipinski definition) is 1. The van der Waals surface area contributed by atoms with E-state index < -0.39 is 15.8 Å². The topological polar surface area (TPSA) is 112 Å². The van der Waals surface area contributed by atoms with Crippen LogP contribution in [0.1, 0.15) is 41.0 Å². The molecule has 1 atom stereocenters. The molecule has 4 rings (SSSR count). The van der Waals surface area contributed by atoms with Gasteiger partial charge < -0.3 is 19.3 Å². The Bertz CT molecular complexity index is 1480. The van der Waals surface area contributed by atoms with Gasteiger partial charge in [-0.15, -0.1) is 0 Å². The van der Waals surface area contributed by atoms with Crippen LogP contribution in [0.15, 0.2) is 36.5 Å². The number of hydrogen-bond acceptors (Lipinski definition) is 7. The predicted octanol–water partition coefficient (Wildman–Crippen LogP) is 6.02. The van der Waals surface area contributed by atoms with Crippen molar-refractivity contribution in [2.45, 2.75) is 39.2 Å². The third-order valence-corrected chi connectivity index (χ3v) is 8.43. The lowest BCUT2D eigenvalue weighted by Crippen LogP contribution is -2.09. The molecule has 0 aliphatic carbocycles. The van der Waals surface area contributed by atoms with Crippen LogP contribution in [0.5, 0.6) is 17.4 Å². The second-order valence-electron chi connectivity index (χ2n) is 9.57. The molecule has 1 aliphatic heterocycles. The molecule has 208 valence electrons. The number of benzene rings is 2. The van der Waals surface area contributed by atoms with Crippen molar-refractivity contribution < 1.29 is 32.5 Å². The zero-order valence-corrected chi connectivity index (χ0v) is 24.1. The number of aromatic nitrogens is 1. The first-order valence-electron chi connectivity index (χ1n) is 12.3. The molecule has 2 heterocycles. The minimum Gasteiger partial charge on any atom is -0.492 e. The highest BCUT2D eigenvalue weighted by Gasteiger charge is 2.27. The summed E-state index contributed by atoms with van der Waals surface area (Å²) in [6.45, 7) is 4.52. The summed E-state index contributed by atoms with van der Waals surface area (Å²) in [7, 11) is -3.08. The summed E-state index contributed by atoms with van der Waals surface area (Å²) in [4.78, 5) is 15.4. The van der Waals surface area contributed by atoms with Crippen LogP contribution in [-0.2, 0) is 21.2 Å². The van der Waals surface area contributed by atoms with E-state index in [9.17, 15) is 13.2 Å². The zero-order valence-electron chi connectivity index (χ0n) is 21.8. The van der Waals surface area contributed by atoms with E-state index in [1.54, 1.807) is 12.3 Å². The predicted molar refractivity (Wildman–Crippen MR) is 150 cm³/mol. The Kier molecular flexibility index (Phi) is 8.93. The van der Waals surface area contributed by atoms with Crippen molar-refractivity contribution in [2.75, 3.05) is 25.2 Å². The zero-order chi connectivity index (χ0) is 28.3. The van der Waals surface area contributed by atoms with E-state index in [-0.39, 0.29) is 31.3 Å². The third kappa shape index (κ3) is 6.96. The maximum Gasteiger partial charge on any atom is 0.304 e. The first-order valence-corrected chi connectivity index (χ1v) is 15.1. The molecule has 1 aromatic heterocycles. The molecule has 3 aromatic rings. The number of ether oxygens (including phenoxy) is 3. The number of pyridine rings is 1. The third-order valence-electron chi connectivity index (χ3n) is 6.49. The van der Waals surface area contributed by atoms with Gasteiger partial charge in [-0.25, -0.2) is 13.4 Å². The number of carboxylic acids is 1. The first-order chi connectivity index (χ1) is 18.4. The second kappa shape index (κ2) is 12.0. The average Bonchev–Trinajstić information content (AvgIpc) is 3.27. The highest BCUT2D eigenvalue weighted by Crippen LogP contribution is 2.45. The van der Waals surface area contributed by atoms with Crippen LogP contribution in [0.2, 0.25) is 10.0 Å². The highest BCUT2D eigenvalue weighted by molar-refractivity contribution is 7.90.